The second-order valence-corrected chi connectivity index (χ2v) is 2.34. The first-order valence-corrected chi connectivity index (χ1v) is 3.34. The van der Waals surface area contributed by atoms with Crippen molar-refractivity contribution in [1.82, 2.24) is 15.5 Å². The Kier molecular flexibility index (Phi) is 38.1. The Balaban J connectivity index is -0.0000000750. The summed E-state index contributed by atoms with van der Waals surface area (Å²) in [6.07, 6.45) is 0. The van der Waals surface area contributed by atoms with Gasteiger partial charge in [-0.2, -0.15) is 0 Å². The van der Waals surface area contributed by atoms with Crippen LogP contribution in [0.25, 0.3) is 0 Å². The zero-order valence-corrected chi connectivity index (χ0v) is 8.45. The highest BCUT2D eigenvalue weighted by molar-refractivity contribution is 4.09. The molecule has 3 heteroatoms. The van der Waals surface area contributed by atoms with Gasteiger partial charge in [-0.05, 0) is 49.3 Å². The van der Waals surface area contributed by atoms with Gasteiger partial charge in [-0.3, -0.25) is 0 Å². The monoisotopic (exact) mass is 149 g/mol. The van der Waals surface area contributed by atoms with Crippen LogP contribution < -0.4 is 10.6 Å². The molecule has 2 N–H and O–H groups in total. The van der Waals surface area contributed by atoms with Crippen molar-refractivity contribution in [3.05, 3.63) is 0 Å². The molecule has 0 atom stereocenters. The fourth-order valence-corrected chi connectivity index (χ4v) is 0. The van der Waals surface area contributed by atoms with E-state index in [2.05, 4.69) is 10.6 Å². The smallest absolute Gasteiger partial charge is 0.0140 e. The Hall–Kier alpha value is -0.120. The third-order valence-electron chi connectivity index (χ3n) is 0. The summed E-state index contributed by atoms with van der Waals surface area (Å²) in [4.78, 5) is 2.00. The van der Waals surface area contributed by atoms with Gasteiger partial charge in [-0.25, -0.2) is 0 Å². The molecule has 0 saturated carbocycles. The van der Waals surface area contributed by atoms with Gasteiger partial charge in [0.25, 0.3) is 0 Å². The molecule has 0 aliphatic carbocycles. The Morgan fingerprint density at radius 1 is 0.700 bits per heavy atom. The molecule has 0 saturated heterocycles. The van der Waals surface area contributed by atoms with Crippen molar-refractivity contribution in [2.24, 2.45) is 0 Å². The van der Waals surface area contributed by atoms with Crippen molar-refractivity contribution < 1.29 is 0 Å². The van der Waals surface area contributed by atoms with Gasteiger partial charge < -0.3 is 15.5 Å². The van der Waals surface area contributed by atoms with Gasteiger partial charge in [0, 0.05) is 0 Å². The lowest BCUT2D eigenvalue weighted by Gasteiger charge is -1.90. The first-order valence-electron chi connectivity index (χ1n) is 3.34. The molecule has 0 spiro atoms. The maximum atomic E-state index is 2.75. The molecule has 0 aromatic rings. The zero-order valence-electron chi connectivity index (χ0n) is 8.45. The van der Waals surface area contributed by atoms with E-state index in [1.165, 1.54) is 0 Å². The molecule has 0 amide bonds. The standard InChI is InChI=1S/C3H9N.2C2H7N/c1-4(2)3;2*1-3-2/h1-3H3;2*3H,1-2H3. The molecular formula is C7H23N3. The highest BCUT2D eigenvalue weighted by Crippen LogP contribution is 1.47. The highest BCUT2D eigenvalue weighted by atomic mass is 15.0. The number of hydrogen-bond acceptors (Lipinski definition) is 3. The van der Waals surface area contributed by atoms with Crippen molar-refractivity contribution in [3.8, 4) is 0 Å². The fourth-order valence-electron chi connectivity index (χ4n) is 0. The van der Waals surface area contributed by atoms with E-state index in [1.54, 1.807) is 0 Å². The van der Waals surface area contributed by atoms with Gasteiger partial charge in [-0.1, -0.05) is 0 Å². The largest absolute Gasteiger partial charge is 0.323 e. The van der Waals surface area contributed by atoms with Crippen LogP contribution >= 0.6 is 0 Å². The molecule has 66 valence electrons. The van der Waals surface area contributed by atoms with E-state index in [4.69, 9.17) is 0 Å². The minimum absolute atomic E-state index is 1.88. The van der Waals surface area contributed by atoms with Crippen molar-refractivity contribution >= 4 is 0 Å². The van der Waals surface area contributed by atoms with Crippen molar-refractivity contribution in [2.75, 3.05) is 49.3 Å². The maximum absolute atomic E-state index is 2.75. The van der Waals surface area contributed by atoms with Gasteiger partial charge in [0.05, 0.1) is 0 Å². The Morgan fingerprint density at radius 3 is 0.700 bits per heavy atom. The Morgan fingerprint density at radius 2 is 0.700 bits per heavy atom. The van der Waals surface area contributed by atoms with Gasteiger partial charge >= 0.3 is 0 Å². The third kappa shape index (κ3) is 25900. The SMILES string of the molecule is CN(C)C.CNC.CNC. The molecule has 0 aromatic heterocycles. The van der Waals surface area contributed by atoms with Crippen LogP contribution in [0.3, 0.4) is 0 Å². The first-order chi connectivity index (χ1) is 4.56. The van der Waals surface area contributed by atoms with Crippen LogP contribution in [0.1, 0.15) is 0 Å². The Labute approximate surface area is 65.8 Å². The van der Waals surface area contributed by atoms with E-state index in [-0.39, 0.29) is 0 Å². The summed E-state index contributed by atoms with van der Waals surface area (Å²) in [5.41, 5.74) is 0. The molecule has 0 unspecified atom stereocenters. The molecular weight excluding hydrogens is 126 g/mol. The van der Waals surface area contributed by atoms with Crippen molar-refractivity contribution in [3.63, 3.8) is 0 Å². The second-order valence-electron chi connectivity index (χ2n) is 2.34. The molecule has 0 fully saturated rings. The molecule has 3 nitrogen and oxygen atoms in total. The molecule has 0 aliphatic rings. The lowest BCUT2D eigenvalue weighted by molar-refractivity contribution is 0.505. The lowest BCUT2D eigenvalue weighted by atomic mass is 11.0. The summed E-state index contributed by atoms with van der Waals surface area (Å²) in [6, 6.07) is 0. The predicted molar refractivity (Wildman–Crippen MR) is 49.6 cm³/mol. The van der Waals surface area contributed by atoms with Crippen molar-refractivity contribution in [1.29, 1.82) is 0 Å². The van der Waals surface area contributed by atoms with E-state index in [0.717, 1.165) is 0 Å². The van der Waals surface area contributed by atoms with E-state index < -0.39 is 0 Å². The molecule has 0 radical (unpaired) electrons. The average molecular weight is 149 g/mol. The van der Waals surface area contributed by atoms with Crippen LogP contribution in [0, 0.1) is 0 Å². The molecule has 10 heavy (non-hydrogen) atoms. The van der Waals surface area contributed by atoms with Crippen LogP contribution in [0.4, 0.5) is 0 Å². The number of nitrogens with one attached hydrogen (secondary N) is 2. The van der Waals surface area contributed by atoms with E-state index in [0.29, 0.717) is 0 Å². The number of nitrogens with zero attached hydrogens (tertiary/aromatic N) is 1. The predicted octanol–water partition coefficient (Wildman–Crippen LogP) is -0.151. The summed E-state index contributed by atoms with van der Waals surface area (Å²) >= 11 is 0. The average Bonchev–Trinajstić information content (AvgIpc) is 1.65. The topological polar surface area (TPSA) is 27.3 Å². The maximum Gasteiger partial charge on any atom is -0.0140 e. The van der Waals surface area contributed by atoms with Gasteiger partial charge in [0.1, 0.15) is 0 Å². The summed E-state index contributed by atoms with van der Waals surface area (Å²) in [6.45, 7) is 0. The molecule has 0 aliphatic heterocycles. The molecule has 0 heterocycles. The molecule has 0 rings (SSSR count). The van der Waals surface area contributed by atoms with Crippen LogP contribution in [0.2, 0.25) is 0 Å². The van der Waals surface area contributed by atoms with Gasteiger partial charge in [0.2, 0.25) is 0 Å². The molecule has 0 bridgehead atoms. The third-order valence-corrected chi connectivity index (χ3v) is 0. The van der Waals surface area contributed by atoms with Crippen molar-refractivity contribution in [2.45, 2.75) is 0 Å². The minimum Gasteiger partial charge on any atom is -0.323 e. The minimum atomic E-state index is 1.88. The fraction of sp³-hybridized carbons (Fsp3) is 1.00. The zero-order chi connectivity index (χ0) is 8.99. The van der Waals surface area contributed by atoms with E-state index in [1.807, 2.05) is 54.2 Å². The summed E-state index contributed by atoms with van der Waals surface area (Å²) in [7, 11) is 13.5. The second kappa shape index (κ2) is 23.2. The van der Waals surface area contributed by atoms with E-state index in [9.17, 15) is 0 Å². The molecule has 0 aromatic carbocycles. The summed E-state index contributed by atoms with van der Waals surface area (Å²) in [5, 5.41) is 5.50. The van der Waals surface area contributed by atoms with Crippen LogP contribution in [0.5, 0.6) is 0 Å². The Bertz CT molecular complexity index is 25.3. The van der Waals surface area contributed by atoms with Crippen LogP contribution in [-0.4, -0.2) is 54.2 Å². The van der Waals surface area contributed by atoms with E-state index >= 15 is 0 Å². The highest BCUT2D eigenvalue weighted by Gasteiger charge is 1.58. The number of hydrogen-bond donors (Lipinski definition) is 2. The lowest BCUT2D eigenvalue weighted by Crippen LogP contribution is -1.99. The van der Waals surface area contributed by atoms with Gasteiger partial charge in [0.15, 0.2) is 0 Å². The summed E-state index contributed by atoms with van der Waals surface area (Å²) in [5.74, 6) is 0. The summed E-state index contributed by atoms with van der Waals surface area (Å²) < 4.78 is 0. The quantitative estimate of drug-likeness (QED) is 0.501. The van der Waals surface area contributed by atoms with Gasteiger partial charge in [-0.15, -0.1) is 0 Å². The first kappa shape index (κ1) is 16.5. The normalized spacial score (nSPS) is 7.20. The van der Waals surface area contributed by atoms with Crippen LogP contribution in [-0.2, 0) is 0 Å². The van der Waals surface area contributed by atoms with Crippen LogP contribution in [0.15, 0.2) is 0 Å². The number of rotatable bonds is 0.